The quantitative estimate of drug-likeness (QED) is 0.198. The predicted octanol–water partition coefficient (Wildman–Crippen LogP) is 3.51. The molecule has 1 aromatic carbocycles. The summed E-state index contributed by atoms with van der Waals surface area (Å²) < 4.78 is 66.1. The van der Waals surface area contributed by atoms with Crippen LogP contribution in [0.3, 0.4) is 0 Å². The number of nitrogens with zero attached hydrogens (tertiary/aromatic N) is 7. The van der Waals surface area contributed by atoms with Crippen molar-refractivity contribution in [3.05, 3.63) is 52.0 Å². The zero-order valence-electron chi connectivity index (χ0n) is 25.0. The average Bonchev–Trinajstić information content (AvgIpc) is 2.97. The summed E-state index contributed by atoms with van der Waals surface area (Å²) in [4.78, 5) is 39.1. The van der Waals surface area contributed by atoms with E-state index in [1.807, 2.05) is 0 Å². The number of benzene rings is 1. The average molecular weight is 638 g/mol. The number of likely N-dealkylation sites (N-methyl/N-ethyl adjacent to an activating group) is 1. The van der Waals surface area contributed by atoms with E-state index in [0.717, 1.165) is 18.4 Å². The van der Waals surface area contributed by atoms with Crippen molar-refractivity contribution in [3.8, 4) is 0 Å². The SMILES string of the molecule is CN1CC(OCC(=O)N2CCN(c3ncc(C(F)(F)F)cn3)CC2)c2nn(COCC[Si](C)(C)C)c(=O)c3cc(F)cc1c23. The Bertz CT molecular complexity index is 1570. The first-order valence-corrected chi connectivity index (χ1v) is 18.0. The molecule has 0 bridgehead atoms. The third-order valence-electron chi connectivity index (χ3n) is 7.69. The predicted molar refractivity (Wildman–Crippen MR) is 158 cm³/mol. The van der Waals surface area contributed by atoms with Gasteiger partial charge in [0.25, 0.3) is 5.56 Å². The number of rotatable bonds is 9. The van der Waals surface area contributed by atoms with Crippen molar-refractivity contribution < 1.29 is 31.8 Å². The Morgan fingerprint density at radius 2 is 1.77 bits per heavy atom. The first-order chi connectivity index (χ1) is 20.7. The summed E-state index contributed by atoms with van der Waals surface area (Å²) in [6, 6.07) is 3.44. The molecule has 11 nitrogen and oxygen atoms in total. The van der Waals surface area contributed by atoms with Crippen LogP contribution in [-0.2, 0) is 27.2 Å². The molecule has 2 aliphatic rings. The number of anilines is 2. The largest absolute Gasteiger partial charge is 0.419 e. The Kier molecular flexibility index (Phi) is 8.96. The molecule has 0 radical (unpaired) electrons. The number of aromatic nitrogens is 4. The molecule has 0 spiro atoms. The maximum atomic E-state index is 14.6. The zero-order chi connectivity index (χ0) is 31.8. The number of hydrogen-bond acceptors (Lipinski definition) is 9. The van der Waals surface area contributed by atoms with Crippen LogP contribution < -0.4 is 15.4 Å². The van der Waals surface area contributed by atoms with Crippen LogP contribution in [0.15, 0.2) is 29.3 Å². The van der Waals surface area contributed by atoms with Gasteiger partial charge in [0, 0.05) is 77.9 Å². The monoisotopic (exact) mass is 637 g/mol. The van der Waals surface area contributed by atoms with Gasteiger partial charge in [0.05, 0.1) is 10.9 Å². The van der Waals surface area contributed by atoms with Gasteiger partial charge in [-0.15, -0.1) is 0 Å². The molecule has 2 aromatic heterocycles. The van der Waals surface area contributed by atoms with E-state index in [1.54, 1.807) is 21.7 Å². The van der Waals surface area contributed by atoms with Crippen LogP contribution in [0.5, 0.6) is 0 Å². The Hall–Kier alpha value is -3.63. The van der Waals surface area contributed by atoms with Gasteiger partial charge in [-0.1, -0.05) is 19.6 Å². The normalized spacial score (nSPS) is 17.5. The first kappa shape index (κ1) is 31.8. The first-order valence-electron chi connectivity index (χ1n) is 14.3. The molecule has 1 fully saturated rings. The molecule has 2 aliphatic heterocycles. The van der Waals surface area contributed by atoms with E-state index >= 15 is 0 Å². The molecule has 16 heteroatoms. The molecule has 0 N–H and O–H groups in total. The van der Waals surface area contributed by atoms with Gasteiger partial charge < -0.3 is 24.2 Å². The molecule has 1 unspecified atom stereocenters. The number of alkyl halides is 3. The molecule has 4 heterocycles. The fourth-order valence-corrected chi connectivity index (χ4v) is 5.91. The van der Waals surface area contributed by atoms with Crippen molar-refractivity contribution in [2.75, 3.05) is 62.8 Å². The lowest BCUT2D eigenvalue weighted by Crippen LogP contribution is -2.50. The highest BCUT2D eigenvalue weighted by Crippen LogP contribution is 2.37. The number of carbonyl (C=O) groups is 1. The van der Waals surface area contributed by atoms with Crippen molar-refractivity contribution >= 4 is 36.4 Å². The lowest BCUT2D eigenvalue weighted by molar-refractivity contribution is -0.139. The highest BCUT2D eigenvalue weighted by molar-refractivity contribution is 6.76. The number of piperazine rings is 1. The molecule has 5 rings (SSSR count). The summed E-state index contributed by atoms with van der Waals surface area (Å²) in [5, 5.41) is 5.20. The molecule has 1 atom stereocenters. The van der Waals surface area contributed by atoms with Crippen LogP contribution in [0.25, 0.3) is 10.8 Å². The minimum absolute atomic E-state index is 0.0908. The van der Waals surface area contributed by atoms with Crippen LogP contribution in [0, 0.1) is 5.82 Å². The molecule has 3 aromatic rings. The Labute approximate surface area is 252 Å². The zero-order valence-corrected chi connectivity index (χ0v) is 26.0. The second-order valence-corrected chi connectivity index (χ2v) is 17.8. The van der Waals surface area contributed by atoms with E-state index < -0.39 is 37.3 Å². The summed E-state index contributed by atoms with van der Waals surface area (Å²) in [6.07, 6.45) is -3.71. The third-order valence-corrected chi connectivity index (χ3v) is 9.39. The Morgan fingerprint density at radius 1 is 1.09 bits per heavy atom. The number of carbonyl (C=O) groups excluding carboxylic acids is 1. The third kappa shape index (κ3) is 7.02. The fourth-order valence-electron chi connectivity index (χ4n) is 5.15. The van der Waals surface area contributed by atoms with Gasteiger partial charge in [-0.05, 0) is 18.2 Å². The van der Waals surface area contributed by atoms with Crippen molar-refractivity contribution in [1.82, 2.24) is 24.6 Å². The molecule has 1 saturated heterocycles. The maximum Gasteiger partial charge on any atom is 0.419 e. The van der Waals surface area contributed by atoms with Crippen LogP contribution >= 0.6 is 0 Å². The summed E-state index contributed by atoms with van der Waals surface area (Å²) in [7, 11) is 0.402. The van der Waals surface area contributed by atoms with E-state index in [4.69, 9.17) is 9.47 Å². The van der Waals surface area contributed by atoms with Gasteiger partial charge in [0.15, 0.2) is 0 Å². The molecule has 238 valence electrons. The summed E-state index contributed by atoms with van der Waals surface area (Å²) in [6.45, 7) is 8.35. The van der Waals surface area contributed by atoms with Gasteiger partial charge in [0.1, 0.15) is 31.0 Å². The van der Waals surface area contributed by atoms with Gasteiger partial charge in [-0.25, -0.2) is 19.0 Å². The molecular formula is C28H35F4N7O4Si. The molecule has 1 amide bonds. The van der Waals surface area contributed by atoms with Crippen LogP contribution in [-0.4, -0.2) is 91.6 Å². The van der Waals surface area contributed by atoms with E-state index in [0.29, 0.717) is 49.6 Å². The van der Waals surface area contributed by atoms with Gasteiger partial charge >= 0.3 is 6.18 Å². The lowest BCUT2D eigenvalue weighted by atomic mass is 10.00. The van der Waals surface area contributed by atoms with Crippen molar-refractivity contribution in [3.63, 3.8) is 0 Å². The highest BCUT2D eigenvalue weighted by atomic mass is 28.3. The van der Waals surface area contributed by atoms with Crippen LogP contribution in [0.4, 0.5) is 29.2 Å². The Balaban J connectivity index is 1.26. The van der Waals surface area contributed by atoms with Crippen molar-refractivity contribution in [1.29, 1.82) is 0 Å². The molecule has 0 saturated carbocycles. The minimum atomic E-state index is -4.52. The van der Waals surface area contributed by atoms with Crippen molar-refractivity contribution in [2.45, 2.75) is 44.7 Å². The molecule has 44 heavy (non-hydrogen) atoms. The van der Waals surface area contributed by atoms with E-state index in [9.17, 15) is 27.2 Å². The molecular weight excluding hydrogens is 602 g/mol. The summed E-state index contributed by atoms with van der Waals surface area (Å²) in [5.74, 6) is -0.656. The van der Waals surface area contributed by atoms with Gasteiger partial charge in [-0.2, -0.15) is 18.3 Å². The number of halogens is 4. The summed E-state index contributed by atoms with van der Waals surface area (Å²) in [5.41, 5.74) is -0.458. The second-order valence-electron chi connectivity index (χ2n) is 12.2. The lowest BCUT2D eigenvalue weighted by Gasteiger charge is -2.36. The topological polar surface area (TPSA) is 106 Å². The van der Waals surface area contributed by atoms with E-state index in [1.165, 1.54) is 16.8 Å². The van der Waals surface area contributed by atoms with Crippen LogP contribution in [0.2, 0.25) is 25.7 Å². The highest BCUT2D eigenvalue weighted by Gasteiger charge is 2.33. The molecule has 0 aliphatic carbocycles. The maximum absolute atomic E-state index is 14.6. The number of amides is 1. The van der Waals surface area contributed by atoms with Crippen molar-refractivity contribution in [2.24, 2.45) is 0 Å². The fraction of sp³-hybridized carbons (Fsp3) is 0.536. The minimum Gasteiger partial charge on any atom is -0.371 e. The Morgan fingerprint density at radius 3 is 2.41 bits per heavy atom. The van der Waals surface area contributed by atoms with Crippen LogP contribution in [0.1, 0.15) is 17.4 Å². The standard InChI is InChI=1S/C28H35F4N7O4Si/c1-36-15-22(43-16-23(40)37-5-7-38(8-6-37)27-33-13-18(14-34-27)28(30,31)32)25-24-20(11-19(29)12-21(24)36)26(41)39(35-25)17-42-9-10-44(2,3)4/h11-14,22H,5-10,15-17H2,1-4H3. The second kappa shape index (κ2) is 12.4. The smallest absolute Gasteiger partial charge is 0.371 e. The summed E-state index contributed by atoms with van der Waals surface area (Å²) >= 11 is 0. The van der Waals surface area contributed by atoms with E-state index in [-0.39, 0.29) is 37.1 Å². The van der Waals surface area contributed by atoms with E-state index in [2.05, 4.69) is 34.7 Å². The number of ether oxygens (including phenoxy) is 2. The van der Waals surface area contributed by atoms with Gasteiger partial charge in [0.2, 0.25) is 11.9 Å². The number of hydrogen-bond donors (Lipinski definition) is 0. The van der Waals surface area contributed by atoms with Gasteiger partial charge in [-0.3, -0.25) is 9.59 Å².